The number of benzene rings is 4. The third-order valence-corrected chi connectivity index (χ3v) is 8.32. The van der Waals surface area contributed by atoms with Gasteiger partial charge in [-0.25, -0.2) is 4.90 Å². The van der Waals surface area contributed by atoms with Gasteiger partial charge < -0.3 is 0 Å². The van der Waals surface area contributed by atoms with Gasteiger partial charge in [0.05, 0.1) is 27.9 Å². The lowest BCUT2D eigenvalue weighted by molar-refractivity contribution is 0.0427. The minimum absolute atomic E-state index is 0.0277. The van der Waals surface area contributed by atoms with Crippen LogP contribution in [-0.2, 0) is 11.3 Å². The second kappa shape index (κ2) is 9.27. The molecule has 210 valence electrons. The van der Waals surface area contributed by atoms with Gasteiger partial charge in [-0.2, -0.15) is 8.78 Å². The van der Waals surface area contributed by atoms with E-state index in [9.17, 15) is 19.2 Å². The number of anilines is 1. The number of imide groups is 2. The molecular formula is C34H26F2N2O4. The largest absolute Gasteiger partial charge is 0.298 e. The monoisotopic (exact) mass is 564 g/mol. The van der Waals surface area contributed by atoms with Gasteiger partial charge in [-0.05, 0) is 54.4 Å². The van der Waals surface area contributed by atoms with E-state index in [1.54, 1.807) is 12.1 Å². The van der Waals surface area contributed by atoms with Gasteiger partial charge in [-0.1, -0.05) is 67.9 Å². The number of nitrogens with zero attached hydrogens (tertiary/aromatic N) is 2. The molecule has 0 atom stereocenters. The first-order valence-electron chi connectivity index (χ1n) is 13.4. The Bertz CT molecular complexity index is 1830. The number of alkyl halides is 2. The first-order valence-corrected chi connectivity index (χ1v) is 13.4. The predicted octanol–water partition coefficient (Wildman–Crippen LogP) is 6.49. The van der Waals surface area contributed by atoms with Crippen LogP contribution in [0.2, 0.25) is 0 Å². The van der Waals surface area contributed by atoms with E-state index >= 15 is 8.78 Å². The molecule has 6 rings (SSSR count). The minimum Gasteiger partial charge on any atom is -0.277 e. The summed E-state index contributed by atoms with van der Waals surface area (Å²) in [5, 5.41) is 0. The summed E-state index contributed by atoms with van der Waals surface area (Å²) < 4.78 is 31.4. The lowest BCUT2D eigenvalue weighted by atomic mass is 9.78. The molecule has 4 aromatic rings. The standard InChI is InChI=1S/C34H26F2N2O4/c1-19-5-7-20(8-6-19)33(2,3)21-9-13-24(14-10-21)38-31(41)26-16-12-23(18-28(26)32(38)42)34(35,36)22-11-15-25-27(17-22)30(40)37(4)29(25)39/h5-18H,1-4H3. The average Bonchev–Trinajstić information content (AvgIpc) is 3.36. The number of aryl methyl sites for hydroxylation is 1. The van der Waals surface area contributed by atoms with Crippen LogP contribution in [-0.4, -0.2) is 35.6 Å². The van der Waals surface area contributed by atoms with Crippen molar-refractivity contribution >= 4 is 29.3 Å². The molecule has 2 aliphatic rings. The summed E-state index contributed by atoms with van der Waals surface area (Å²) in [6.07, 6.45) is 0. The van der Waals surface area contributed by atoms with Gasteiger partial charge in [-0.15, -0.1) is 0 Å². The SMILES string of the molecule is Cc1ccc(C(C)(C)c2ccc(N3C(=O)c4ccc(C(F)(F)c5ccc6c(c5)C(=O)N(C)C6=O)cc4C3=O)cc2)cc1. The van der Waals surface area contributed by atoms with Crippen molar-refractivity contribution in [2.45, 2.75) is 32.1 Å². The molecule has 0 aliphatic carbocycles. The Morgan fingerprint density at radius 3 is 1.50 bits per heavy atom. The van der Waals surface area contributed by atoms with Crippen LogP contribution in [0.3, 0.4) is 0 Å². The van der Waals surface area contributed by atoms with Crippen LogP contribution in [0.15, 0.2) is 84.9 Å². The summed E-state index contributed by atoms with van der Waals surface area (Å²) in [5.41, 5.74) is 2.09. The summed E-state index contributed by atoms with van der Waals surface area (Å²) in [6.45, 7) is 6.20. The van der Waals surface area contributed by atoms with Crippen molar-refractivity contribution in [1.82, 2.24) is 4.90 Å². The van der Waals surface area contributed by atoms with Crippen LogP contribution in [0.25, 0.3) is 0 Å². The molecule has 0 bridgehead atoms. The van der Waals surface area contributed by atoms with E-state index in [0.717, 1.165) is 50.8 Å². The Morgan fingerprint density at radius 2 is 0.952 bits per heavy atom. The first kappa shape index (κ1) is 27.2. The first-order chi connectivity index (χ1) is 19.8. The fourth-order valence-corrected chi connectivity index (χ4v) is 5.56. The molecule has 0 N–H and O–H groups in total. The Balaban J connectivity index is 1.30. The van der Waals surface area contributed by atoms with Crippen LogP contribution in [0.5, 0.6) is 0 Å². The quantitative estimate of drug-likeness (QED) is 0.260. The second-order valence-corrected chi connectivity index (χ2v) is 11.2. The third-order valence-electron chi connectivity index (χ3n) is 8.32. The molecule has 0 saturated carbocycles. The summed E-state index contributed by atoms with van der Waals surface area (Å²) in [7, 11) is 1.29. The van der Waals surface area contributed by atoms with E-state index < -0.39 is 40.7 Å². The van der Waals surface area contributed by atoms with E-state index in [4.69, 9.17) is 0 Å². The van der Waals surface area contributed by atoms with Crippen LogP contribution in [0.1, 0.15) is 83.1 Å². The maximum Gasteiger partial charge on any atom is 0.298 e. The van der Waals surface area contributed by atoms with Gasteiger partial charge >= 0.3 is 0 Å². The molecule has 2 heterocycles. The maximum absolute atomic E-state index is 15.7. The number of hydrogen-bond donors (Lipinski definition) is 0. The molecule has 4 amide bonds. The van der Waals surface area contributed by atoms with Gasteiger partial charge in [0.25, 0.3) is 29.6 Å². The van der Waals surface area contributed by atoms with Crippen molar-refractivity contribution in [3.63, 3.8) is 0 Å². The van der Waals surface area contributed by atoms with Gasteiger partial charge in [0.2, 0.25) is 0 Å². The highest BCUT2D eigenvalue weighted by Gasteiger charge is 2.42. The number of halogens is 2. The predicted molar refractivity (Wildman–Crippen MR) is 153 cm³/mol. The van der Waals surface area contributed by atoms with Gasteiger partial charge in [0.15, 0.2) is 0 Å². The van der Waals surface area contributed by atoms with E-state index in [2.05, 4.69) is 26.0 Å². The molecular weight excluding hydrogens is 538 g/mol. The van der Waals surface area contributed by atoms with Crippen molar-refractivity contribution < 1.29 is 28.0 Å². The maximum atomic E-state index is 15.7. The normalized spacial score (nSPS) is 15.0. The number of hydrogen-bond acceptors (Lipinski definition) is 4. The molecule has 0 radical (unpaired) electrons. The van der Waals surface area contributed by atoms with Crippen molar-refractivity contribution in [3.8, 4) is 0 Å². The number of carbonyl (C=O) groups is 4. The number of amides is 4. The molecule has 0 saturated heterocycles. The zero-order chi connectivity index (χ0) is 30.1. The van der Waals surface area contributed by atoms with Crippen molar-refractivity contribution in [1.29, 1.82) is 0 Å². The van der Waals surface area contributed by atoms with Crippen LogP contribution >= 0.6 is 0 Å². The number of carbonyl (C=O) groups excluding carboxylic acids is 4. The molecule has 8 heteroatoms. The summed E-state index contributed by atoms with van der Waals surface area (Å²) in [4.78, 5) is 53.0. The smallest absolute Gasteiger partial charge is 0.277 e. The lowest BCUT2D eigenvalue weighted by Gasteiger charge is -2.27. The highest BCUT2D eigenvalue weighted by molar-refractivity contribution is 6.34. The second-order valence-electron chi connectivity index (χ2n) is 11.2. The average molecular weight is 565 g/mol. The molecule has 4 aromatic carbocycles. The van der Waals surface area contributed by atoms with Crippen LogP contribution in [0.4, 0.5) is 14.5 Å². The molecule has 2 aliphatic heterocycles. The molecule has 6 nitrogen and oxygen atoms in total. The topological polar surface area (TPSA) is 74.8 Å². The molecule has 42 heavy (non-hydrogen) atoms. The van der Waals surface area contributed by atoms with Gasteiger partial charge in [0.1, 0.15) is 0 Å². The van der Waals surface area contributed by atoms with E-state index in [-0.39, 0.29) is 27.7 Å². The zero-order valence-electron chi connectivity index (χ0n) is 23.4. The van der Waals surface area contributed by atoms with E-state index in [1.807, 2.05) is 31.2 Å². The van der Waals surface area contributed by atoms with E-state index in [0.29, 0.717) is 5.69 Å². The number of rotatable bonds is 5. The third kappa shape index (κ3) is 3.97. The summed E-state index contributed by atoms with van der Waals surface area (Å²) in [6, 6.07) is 22.0. The van der Waals surface area contributed by atoms with Crippen LogP contribution in [0, 0.1) is 6.92 Å². The van der Waals surface area contributed by atoms with Crippen LogP contribution < -0.4 is 4.90 Å². The lowest BCUT2D eigenvalue weighted by Crippen LogP contribution is -2.29. The van der Waals surface area contributed by atoms with Gasteiger partial charge in [0, 0.05) is 23.6 Å². The molecule has 0 spiro atoms. The highest BCUT2D eigenvalue weighted by Crippen LogP contribution is 2.40. The van der Waals surface area contributed by atoms with Crippen molar-refractivity contribution in [2.75, 3.05) is 11.9 Å². The molecule has 0 unspecified atom stereocenters. The summed E-state index contributed by atoms with van der Waals surface area (Å²) in [5.74, 6) is -6.12. The molecule has 0 aromatic heterocycles. The Morgan fingerprint density at radius 1 is 0.548 bits per heavy atom. The fourth-order valence-electron chi connectivity index (χ4n) is 5.56. The fraction of sp³-hybridized carbons (Fsp3) is 0.176. The molecule has 0 fully saturated rings. The number of fused-ring (bicyclic) bond motifs is 2. The zero-order valence-corrected chi connectivity index (χ0v) is 23.4. The van der Waals surface area contributed by atoms with Crippen molar-refractivity contribution in [2.24, 2.45) is 0 Å². The Labute approximate surface area is 241 Å². The Hall–Kier alpha value is -4.98. The van der Waals surface area contributed by atoms with Crippen molar-refractivity contribution in [3.05, 3.63) is 135 Å². The minimum atomic E-state index is -3.60. The Kier molecular flexibility index (Phi) is 6.01. The van der Waals surface area contributed by atoms with Gasteiger partial charge in [-0.3, -0.25) is 24.1 Å². The summed E-state index contributed by atoms with van der Waals surface area (Å²) >= 11 is 0. The van der Waals surface area contributed by atoms with E-state index in [1.165, 1.54) is 19.2 Å². The highest BCUT2D eigenvalue weighted by atomic mass is 19.3.